The van der Waals surface area contributed by atoms with E-state index in [1.807, 2.05) is 42.5 Å². The average Bonchev–Trinajstić information content (AvgIpc) is 3.12. The van der Waals surface area contributed by atoms with Gasteiger partial charge >= 0.3 is 19.8 Å². The number of aromatic nitrogens is 2. The standard InChI is InChI=1S/C22H21N4O.Os/c1-15(2)16-5-3-7-19(9-16)25-22(27)17-6-4-8-20(10-17)26-12-18-11-23-14-24-21(18)13-26;/h3-11,15H,12-13H2,1-2H3,(H,25,27);/q-1;+1. The molecule has 0 unspecified atom stereocenters. The summed E-state index contributed by atoms with van der Waals surface area (Å²) in [6.45, 7) is 5.72. The van der Waals surface area contributed by atoms with E-state index in [4.69, 9.17) is 0 Å². The average molecular weight is 548 g/mol. The Morgan fingerprint density at radius 1 is 1.14 bits per heavy atom. The number of hydrogen-bond donors (Lipinski definition) is 1. The zero-order chi connectivity index (χ0) is 18.8. The molecule has 0 bridgehead atoms. The van der Waals surface area contributed by atoms with Crippen LogP contribution in [0.3, 0.4) is 0 Å². The quantitative estimate of drug-likeness (QED) is 0.499. The number of carbonyl (C=O) groups excluding carboxylic acids is 1. The number of hydrogen-bond acceptors (Lipinski definition) is 4. The largest absolute Gasteiger partial charge is 1.00 e. The molecular formula is C22H21N4OOs. The molecule has 6 heteroatoms. The molecule has 1 radical (unpaired) electrons. The van der Waals surface area contributed by atoms with Crippen molar-refractivity contribution < 1.29 is 24.6 Å². The zero-order valence-corrected chi connectivity index (χ0v) is 18.3. The predicted octanol–water partition coefficient (Wildman–Crippen LogP) is 4.17. The number of amides is 1. The summed E-state index contributed by atoms with van der Waals surface area (Å²) in [6, 6.07) is 15.7. The van der Waals surface area contributed by atoms with Crippen LogP contribution in [0.1, 0.15) is 46.9 Å². The molecule has 0 fully saturated rings. The van der Waals surface area contributed by atoms with Crippen LogP contribution in [0.5, 0.6) is 0 Å². The van der Waals surface area contributed by atoms with Crippen molar-refractivity contribution in [3.05, 3.63) is 83.4 Å². The van der Waals surface area contributed by atoms with Crippen LogP contribution in [-0.4, -0.2) is 15.9 Å². The van der Waals surface area contributed by atoms with Gasteiger partial charge < -0.3 is 20.2 Å². The van der Waals surface area contributed by atoms with E-state index in [0.717, 1.165) is 29.2 Å². The minimum absolute atomic E-state index is 0. The van der Waals surface area contributed by atoms with Gasteiger partial charge in [0.25, 0.3) is 5.91 Å². The Morgan fingerprint density at radius 3 is 2.75 bits per heavy atom. The molecule has 28 heavy (non-hydrogen) atoms. The van der Waals surface area contributed by atoms with Gasteiger partial charge in [-0.3, -0.25) is 4.79 Å². The smallest absolute Gasteiger partial charge is 0.375 e. The Morgan fingerprint density at radius 2 is 1.96 bits per heavy atom. The van der Waals surface area contributed by atoms with E-state index in [1.165, 1.54) is 5.56 Å². The van der Waals surface area contributed by atoms with E-state index in [1.54, 1.807) is 6.20 Å². The Bertz CT molecular complexity index is 965. The van der Waals surface area contributed by atoms with Gasteiger partial charge in [-0.05, 0) is 47.5 Å². The number of nitrogens with one attached hydrogen (secondary N) is 1. The molecule has 1 aromatic heterocycles. The molecule has 1 aliphatic rings. The molecule has 1 N–H and O–H groups in total. The van der Waals surface area contributed by atoms with Crippen molar-refractivity contribution in [1.82, 2.24) is 9.97 Å². The molecule has 2 heterocycles. The normalized spacial score (nSPS) is 12.5. The summed E-state index contributed by atoms with van der Waals surface area (Å²) in [5.74, 6) is 0.310. The maximum Gasteiger partial charge on any atom is 1.00 e. The maximum atomic E-state index is 12.7. The number of anilines is 2. The monoisotopic (exact) mass is 549 g/mol. The van der Waals surface area contributed by atoms with Crippen molar-refractivity contribution >= 4 is 17.3 Å². The van der Waals surface area contributed by atoms with Crippen molar-refractivity contribution in [1.29, 1.82) is 0 Å². The van der Waals surface area contributed by atoms with Gasteiger partial charge in [-0.2, -0.15) is 0 Å². The van der Waals surface area contributed by atoms with E-state index in [2.05, 4.69) is 46.4 Å². The molecule has 0 saturated carbocycles. The molecule has 143 valence electrons. The second kappa shape index (κ2) is 8.62. The summed E-state index contributed by atoms with van der Waals surface area (Å²) in [4.78, 5) is 23.1. The molecule has 1 aliphatic heterocycles. The Balaban J connectivity index is 0.00000225. The third-order valence-electron chi connectivity index (χ3n) is 4.82. The molecule has 2 aromatic carbocycles. The first-order valence-corrected chi connectivity index (χ1v) is 9.07. The molecule has 0 aliphatic carbocycles. The zero-order valence-electron chi connectivity index (χ0n) is 15.8. The Labute approximate surface area is 178 Å². The van der Waals surface area contributed by atoms with Crippen LogP contribution in [0.2, 0.25) is 0 Å². The fourth-order valence-corrected chi connectivity index (χ4v) is 3.26. The van der Waals surface area contributed by atoms with Gasteiger partial charge in [-0.1, -0.05) is 43.8 Å². The number of benzene rings is 2. The molecule has 0 atom stereocenters. The Hall–Kier alpha value is -2.57. The van der Waals surface area contributed by atoms with E-state index in [-0.39, 0.29) is 25.7 Å². The summed E-state index contributed by atoms with van der Waals surface area (Å²) < 4.78 is 0. The molecular weight excluding hydrogens is 526 g/mol. The van der Waals surface area contributed by atoms with Gasteiger partial charge in [-0.25, -0.2) is 0 Å². The first-order chi connectivity index (χ1) is 13.1. The van der Waals surface area contributed by atoms with Crippen LogP contribution < -0.4 is 10.2 Å². The molecule has 0 spiro atoms. The van der Waals surface area contributed by atoms with Crippen LogP contribution in [-0.2, 0) is 32.9 Å². The van der Waals surface area contributed by atoms with Crippen LogP contribution in [0, 0.1) is 6.33 Å². The first kappa shape index (κ1) is 20.2. The Kier molecular flexibility index (Phi) is 6.21. The van der Waals surface area contributed by atoms with Gasteiger partial charge in [-0.15, -0.1) is 0 Å². The predicted molar refractivity (Wildman–Crippen MR) is 106 cm³/mol. The second-order valence-electron chi connectivity index (χ2n) is 7.08. The molecule has 0 saturated heterocycles. The van der Waals surface area contributed by atoms with E-state index in [0.29, 0.717) is 18.0 Å². The van der Waals surface area contributed by atoms with Crippen molar-refractivity contribution in [3.63, 3.8) is 0 Å². The minimum atomic E-state index is -0.109. The third-order valence-corrected chi connectivity index (χ3v) is 4.82. The summed E-state index contributed by atoms with van der Waals surface area (Å²) in [5, 5.41) is 3.00. The number of rotatable bonds is 4. The second-order valence-corrected chi connectivity index (χ2v) is 7.08. The third kappa shape index (κ3) is 4.29. The van der Waals surface area contributed by atoms with Crippen molar-refractivity contribution in [3.8, 4) is 0 Å². The van der Waals surface area contributed by atoms with Gasteiger partial charge in [0, 0.05) is 36.4 Å². The van der Waals surface area contributed by atoms with Crippen molar-refractivity contribution in [2.45, 2.75) is 32.9 Å². The van der Waals surface area contributed by atoms with Crippen molar-refractivity contribution in [2.75, 3.05) is 10.2 Å². The summed E-state index contributed by atoms with van der Waals surface area (Å²) >= 11 is 0. The molecule has 3 aromatic rings. The van der Waals surface area contributed by atoms with E-state index >= 15 is 0 Å². The van der Waals surface area contributed by atoms with Crippen molar-refractivity contribution in [2.24, 2.45) is 0 Å². The fraction of sp³-hybridized carbons (Fsp3) is 0.227. The van der Waals surface area contributed by atoms with Crippen LogP contribution in [0.4, 0.5) is 11.4 Å². The topological polar surface area (TPSA) is 58.1 Å². The van der Waals surface area contributed by atoms with Crippen LogP contribution >= 0.6 is 0 Å². The SMILES string of the molecule is CC(C)c1cccc(NC(=O)c2cccc(N3Cc4cn[c-]nc4C3)c2)c1.[Os+]. The van der Waals surface area contributed by atoms with Gasteiger partial charge in [0.1, 0.15) is 0 Å². The summed E-state index contributed by atoms with van der Waals surface area (Å²) in [5.41, 5.74) is 5.75. The first-order valence-electron chi connectivity index (χ1n) is 9.07. The van der Waals surface area contributed by atoms with Gasteiger partial charge in [0.15, 0.2) is 0 Å². The van der Waals surface area contributed by atoms with E-state index in [9.17, 15) is 4.79 Å². The molecule has 1 amide bonds. The molecule has 5 nitrogen and oxygen atoms in total. The van der Waals surface area contributed by atoms with Gasteiger partial charge in [0.05, 0.1) is 0 Å². The number of carbonyl (C=O) groups is 1. The molecule has 4 rings (SSSR count). The minimum Gasteiger partial charge on any atom is -0.375 e. The summed E-state index contributed by atoms with van der Waals surface area (Å²) in [7, 11) is 0. The van der Waals surface area contributed by atoms with E-state index < -0.39 is 0 Å². The number of fused-ring (bicyclic) bond motifs is 1. The maximum absolute atomic E-state index is 12.7. The number of nitrogens with zero attached hydrogens (tertiary/aromatic N) is 3. The fourth-order valence-electron chi connectivity index (χ4n) is 3.26. The summed E-state index contributed by atoms with van der Waals surface area (Å²) in [6.07, 6.45) is 4.45. The van der Waals surface area contributed by atoms with Crippen LogP contribution in [0.25, 0.3) is 0 Å². The van der Waals surface area contributed by atoms with Gasteiger partial charge in [0.2, 0.25) is 0 Å². The van der Waals surface area contributed by atoms with Crippen LogP contribution in [0.15, 0.2) is 54.7 Å².